The Kier molecular flexibility index (Phi) is 6.80. The van der Waals surface area contributed by atoms with Gasteiger partial charge in [-0.25, -0.2) is 0 Å². The van der Waals surface area contributed by atoms with Crippen LogP contribution in [0.2, 0.25) is 0 Å². The Labute approximate surface area is 190 Å². The summed E-state index contributed by atoms with van der Waals surface area (Å²) in [7, 11) is 0. The number of fused-ring (bicyclic) bond motifs is 1. The second-order valence-corrected chi connectivity index (χ2v) is 8.46. The van der Waals surface area contributed by atoms with Crippen LogP contribution in [-0.4, -0.2) is 41.8 Å². The van der Waals surface area contributed by atoms with Crippen LogP contribution < -0.4 is 14.8 Å². The van der Waals surface area contributed by atoms with Gasteiger partial charge in [-0.1, -0.05) is 37.3 Å². The maximum absolute atomic E-state index is 12.6. The van der Waals surface area contributed by atoms with E-state index in [2.05, 4.69) is 24.4 Å². The molecule has 1 saturated heterocycles. The van der Waals surface area contributed by atoms with Gasteiger partial charge in [-0.05, 0) is 59.5 Å². The SMILES string of the molecule is CCc1ccc(CCC(=O)NCCN2C(=O)S/C(=C\c3ccc4c(c3)OCO4)C2=O)cc1. The van der Waals surface area contributed by atoms with E-state index in [4.69, 9.17) is 9.47 Å². The molecule has 0 aromatic heterocycles. The molecular formula is C24H24N2O5S. The normalized spacial score (nSPS) is 16.2. The molecule has 0 saturated carbocycles. The molecule has 1 fully saturated rings. The number of amides is 3. The minimum absolute atomic E-state index is 0.104. The highest BCUT2D eigenvalue weighted by Gasteiger charge is 2.34. The highest BCUT2D eigenvalue weighted by Crippen LogP contribution is 2.36. The Morgan fingerprint density at radius 2 is 1.84 bits per heavy atom. The average Bonchev–Trinajstić information content (AvgIpc) is 3.37. The minimum Gasteiger partial charge on any atom is -0.454 e. The number of carbonyl (C=O) groups excluding carboxylic acids is 3. The molecule has 32 heavy (non-hydrogen) atoms. The van der Waals surface area contributed by atoms with E-state index >= 15 is 0 Å². The van der Waals surface area contributed by atoms with Gasteiger partial charge in [-0.15, -0.1) is 0 Å². The van der Waals surface area contributed by atoms with Crippen molar-refractivity contribution in [3.8, 4) is 11.5 Å². The highest BCUT2D eigenvalue weighted by atomic mass is 32.2. The molecule has 4 rings (SSSR count). The lowest BCUT2D eigenvalue weighted by atomic mass is 10.1. The second kappa shape index (κ2) is 9.91. The lowest BCUT2D eigenvalue weighted by Gasteiger charge is -2.13. The van der Waals surface area contributed by atoms with E-state index in [-0.39, 0.29) is 36.9 Å². The molecule has 8 heteroatoms. The van der Waals surface area contributed by atoms with Crippen molar-refractivity contribution in [2.45, 2.75) is 26.2 Å². The number of nitrogens with zero attached hydrogens (tertiary/aromatic N) is 1. The Bertz CT molecular complexity index is 1060. The first-order valence-corrected chi connectivity index (χ1v) is 11.3. The number of aryl methyl sites for hydroxylation is 2. The maximum atomic E-state index is 12.6. The minimum atomic E-state index is -0.358. The first-order valence-electron chi connectivity index (χ1n) is 10.5. The first-order chi connectivity index (χ1) is 15.5. The van der Waals surface area contributed by atoms with Gasteiger partial charge in [0.15, 0.2) is 11.5 Å². The van der Waals surface area contributed by atoms with Crippen LogP contribution in [0.5, 0.6) is 11.5 Å². The lowest BCUT2D eigenvalue weighted by Crippen LogP contribution is -2.37. The van der Waals surface area contributed by atoms with Crippen LogP contribution >= 0.6 is 11.8 Å². The van der Waals surface area contributed by atoms with Gasteiger partial charge in [0.25, 0.3) is 11.1 Å². The molecule has 166 valence electrons. The summed E-state index contributed by atoms with van der Waals surface area (Å²) in [6, 6.07) is 13.6. The standard InChI is InChI=1S/C24H24N2O5S/c1-2-16-3-5-17(6-4-16)8-10-22(27)25-11-12-26-23(28)21(32-24(26)29)14-18-7-9-19-20(13-18)31-15-30-19/h3-7,9,13-14H,2,8,10-12,15H2,1H3,(H,25,27)/b21-14-. The number of ether oxygens (including phenoxy) is 2. The summed E-state index contributed by atoms with van der Waals surface area (Å²) in [5, 5.41) is 2.45. The smallest absolute Gasteiger partial charge is 0.293 e. The average molecular weight is 453 g/mol. The van der Waals surface area contributed by atoms with E-state index in [1.54, 1.807) is 24.3 Å². The van der Waals surface area contributed by atoms with E-state index < -0.39 is 0 Å². The molecule has 2 aliphatic rings. The van der Waals surface area contributed by atoms with E-state index in [0.717, 1.165) is 34.2 Å². The van der Waals surface area contributed by atoms with Crippen molar-refractivity contribution in [1.82, 2.24) is 10.2 Å². The summed E-state index contributed by atoms with van der Waals surface area (Å²) in [5.74, 6) is 0.807. The predicted molar refractivity (Wildman–Crippen MR) is 122 cm³/mol. The monoisotopic (exact) mass is 452 g/mol. The molecule has 0 bridgehead atoms. The number of benzene rings is 2. The molecule has 7 nitrogen and oxygen atoms in total. The van der Waals surface area contributed by atoms with E-state index in [9.17, 15) is 14.4 Å². The van der Waals surface area contributed by atoms with E-state index in [1.807, 2.05) is 12.1 Å². The van der Waals surface area contributed by atoms with Gasteiger partial charge in [-0.2, -0.15) is 0 Å². The van der Waals surface area contributed by atoms with Crippen molar-refractivity contribution in [1.29, 1.82) is 0 Å². The number of carbonyl (C=O) groups is 3. The molecule has 0 spiro atoms. The Balaban J connectivity index is 1.25. The molecule has 0 aliphatic carbocycles. The van der Waals surface area contributed by atoms with Crippen molar-refractivity contribution in [2.24, 2.45) is 0 Å². The number of hydrogen-bond donors (Lipinski definition) is 1. The van der Waals surface area contributed by atoms with Crippen molar-refractivity contribution in [3.05, 3.63) is 64.1 Å². The fourth-order valence-corrected chi connectivity index (χ4v) is 4.31. The second-order valence-electron chi connectivity index (χ2n) is 7.47. The quantitative estimate of drug-likeness (QED) is 0.614. The van der Waals surface area contributed by atoms with Gasteiger partial charge in [0.2, 0.25) is 12.7 Å². The van der Waals surface area contributed by atoms with Gasteiger partial charge in [0.05, 0.1) is 4.91 Å². The fourth-order valence-electron chi connectivity index (χ4n) is 3.44. The molecule has 0 atom stereocenters. The summed E-state index contributed by atoms with van der Waals surface area (Å²) in [6.07, 6.45) is 3.66. The summed E-state index contributed by atoms with van der Waals surface area (Å²) < 4.78 is 10.6. The van der Waals surface area contributed by atoms with Gasteiger partial charge >= 0.3 is 0 Å². The van der Waals surface area contributed by atoms with Gasteiger partial charge in [-0.3, -0.25) is 19.3 Å². The topological polar surface area (TPSA) is 84.9 Å². The summed E-state index contributed by atoms with van der Waals surface area (Å²) in [4.78, 5) is 38.6. The van der Waals surface area contributed by atoms with Gasteiger partial charge in [0.1, 0.15) is 0 Å². The van der Waals surface area contributed by atoms with Crippen LogP contribution in [0, 0.1) is 0 Å². The van der Waals surface area contributed by atoms with Crippen molar-refractivity contribution < 1.29 is 23.9 Å². The van der Waals surface area contributed by atoms with Gasteiger partial charge in [0, 0.05) is 19.5 Å². The Morgan fingerprint density at radius 3 is 2.62 bits per heavy atom. The first kappa shape index (κ1) is 22.0. The van der Waals surface area contributed by atoms with Crippen LogP contribution in [-0.2, 0) is 22.4 Å². The molecule has 2 aliphatic heterocycles. The van der Waals surface area contributed by atoms with Crippen LogP contribution in [0.15, 0.2) is 47.4 Å². The number of thioether (sulfide) groups is 1. The zero-order valence-electron chi connectivity index (χ0n) is 17.8. The van der Waals surface area contributed by atoms with Crippen LogP contribution in [0.25, 0.3) is 6.08 Å². The fraction of sp³-hybridized carbons (Fsp3) is 0.292. The summed E-state index contributed by atoms with van der Waals surface area (Å²) >= 11 is 0.893. The lowest BCUT2D eigenvalue weighted by molar-refractivity contribution is -0.124. The number of nitrogens with one attached hydrogen (secondary N) is 1. The molecular weight excluding hydrogens is 428 g/mol. The van der Waals surface area contributed by atoms with E-state index in [1.165, 1.54) is 5.56 Å². The van der Waals surface area contributed by atoms with Crippen molar-refractivity contribution >= 4 is 34.9 Å². The third-order valence-corrected chi connectivity index (χ3v) is 6.20. The molecule has 0 radical (unpaired) electrons. The molecule has 1 N–H and O–H groups in total. The molecule has 3 amide bonds. The summed E-state index contributed by atoms with van der Waals surface area (Å²) in [6.45, 7) is 2.64. The zero-order chi connectivity index (χ0) is 22.5. The largest absolute Gasteiger partial charge is 0.454 e. The Hall–Kier alpha value is -3.26. The third-order valence-electron chi connectivity index (χ3n) is 5.30. The summed E-state index contributed by atoms with van der Waals surface area (Å²) in [5.41, 5.74) is 3.12. The van der Waals surface area contributed by atoms with Crippen LogP contribution in [0.1, 0.15) is 30.0 Å². The molecule has 0 unspecified atom stereocenters. The molecule has 2 heterocycles. The third kappa shape index (κ3) is 5.13. The zero-order valence-corrected chi connectivity index (χ0v) is 18.6. The maximum Gasteiger partial charge on any atom is 0.293 e. The molecule has 2 aromatic rings. The van der Waals surface area contributed by atoms with E-state index in [0.29, 0.717) is 29.2 Å². The van der Waals surface area contributed by atoms with Crippen molar-refractivity contribution in [2.75, 3.05) is 19.9 Å². The van der Waals surface area contributed by atoms with Crippen LogP contribution in [0.3, 0.4) is 0 Å². The highest BCUT2D eigenvalue weighted by molar-refractivity contribution is 8.18. The number of hydrogen-bond acceptors (Lipinski definition) is 6. The van der Waals surface area contributed by atoms with Crippen molar-refractivity contribution in [3.63, 3.8) is 0 Å². The Morgan fingerprint density at radius 1 is 1.09 bits per heavy atom. The van der Waals surface area contributed by atoms with Gasteiger partial charge < -0.3 is 14.8 Å². The number of rotatable bonds is 8. The predicted octanol–water partition coefficient (Wildman–Crippen LogP) is 3.76. The molecule has 2 aromatic carbocycles. The number of imide groups is 1. The van der Waals surface area contributed by atoms with Crippen LogP contribution in [0.4, 0.5) is 4.79 Å².